The summed E-state index contributed by atoms with van der Waals surface area (Å²) in [5.41, 5.74) is 3.30. The summed E-state index contributed by atoms with van der Waals surface area (Å²) in [5, 5.41) is 4.35. The van der Waals surface area contributed by atoms with Crippen molar-refractivity contribution in [2.24, 2.45) is 0 Å². The zero-order chi connectivity index (χ0) is 16.7. The molecule has 0 aliphatic carbocycles. The minimum absolute atomic E-state index is 0.0961. The van der Waals surface area contributed by atoms with Gasteiger partial charge in [-0.05, 0) is 38.3 Å². The Morgan fingerprint density at radius 1 is 1.17 bits per heavy atom. The molecule has 6 heteroatoms. The first-order chi connectivity index (χ1) is 11.6. The lowest BCUT2D eigenvalue weighted by molar-refractivity contribution is 0.0723. The number of likely N-dealkylation sites (tertiary alicyclic amines) is 1. The fraction of sp³-hybridized carbons (Fsp3) is 0.333. The molecule has 3 heterocycles. The lowest BCUT2D eigenvalue weighted by Crippen LogP contribution is -2.31. The molecule has 1 aliphatic heterocycles. The van der Waals surface area contributed by atoms with E-state index in [1.807, 2.05) is 17.9 Å². The van der Waals surface area contributed by atoms with E-state index in [1.165, 1.54) is 11.1 Å². The van der Waals surface area contributed by atoms with Gasteiger partial charge in [-0.3, -0.25) is 4.79 Å². The Bertz CT molecular complexity index is 899. The molecule has 1 saturated heterocycles. The molecule has 0 spiro atoms. The number of aryl methyl sites for hydroxylation is 2. The van der Waals surface area contributed by atoms with Crippen LogP contribution in [0.1, 0.15) is 46.3 Å². The van der Waals surface area contributed by atoms with Crippen molar-refractivity contribution in [1.29, 1.82) is 0 Å². The maximum atomic E-state index is 12.9. The van der Waals surface area contributed by atoms with Crippen LogP contribution < -0.4 is 0 Å². The van der Waals surface area contributed by atoms with Gasteiger partial charge < -0.3 is 4.90 Å². The minimum atomic E-state index is -0.122. The Hall–Kier alpha value is -2.76. The molecular weight excluding hydrogens is 302 g/mol. The van der Waals surface area contributed by atoms with Crippen molar-refractivity contribution in [3.63, 3.8) is 0 Å². The molecular formula is C18H19N5O. The van der Waals surface area contributed by atoms with Crippen LogP contribution in [0.3, 0.4) is 0 Å². The maximum absolute atomic E-state index is 12.9. The maximum Gasteiger partial charge on any atom is 0.294 e. The van der Waals surface area contributed by atoms with Crippen LogP contribution in [-0.2, 0) is 0 Å². The standard InChI is InChI=1S/C18H19N5O/c1-12-5-7-14(8-6-12)15-4-3-11-22(15)17(24)16-20-18-19-10-9-13(2)23(18)21-16/h5-10,15H,3-4,11H2,1-2H3. The third-order valence-corrected chi connectivity index (χ3v) is 4.60. The Morgan fingerprint density at radius 2 is 1.96 bits per heavy atom. The number of carbonyl (C=O) groups excluding carboxylic acids is 1. The van der Waals surface area contributed by atoms with E-state index in [0.717, 1.165) is 25.1 Å². The second kappa shape index (κ2) is 5.70. The fourth-order valence-electron chi connectivity index (χ4n) is 3.27. The minimum Gasteiger partial charge on any atom is -0.329 e. The summed E-state index contributed by atoms with van der Waals surface area (Å²) in [6.07, 6.45) is 3.65. The molecule has 4 rings (SSSR count). The van der Waals surface area contributed by atoms with Crippen molar-refractivity contribution in [3.8, 4) is 0 Å². The van der Waals surface area contributed by atoms with Crippen LogP contribution >= 0.6 is 0 Å². The Kier molecular flexibility index (Phi) is 3.52. The predicted molar refractivity (Wildman–Crippen MR) is 89.7 cm³/mol. The molecule has 0 saturated carbocycles. The molecule has 0 N–H and O–H groups in total. The fourth-order valence-corrected chi connectivity index (χ4v) is 3.27. The zero-order valence-electron chi connectivity index (χ0n) is 13.8. The van der Waals surface area contributed by atoms with Crippen LogP contribution in [0.5, 0.6) is 0 Å². The van der Waals surface area contributed by atoms with Gasteiger partial charge in [-0.1, -0.05) is 29.8 Å². The third kappa shape index (κ3) is 2.44. The molecule has 2 aromatic heterocycles. The van der Waals surface area contributed by atoms with Crippen molar-refractivity contribution < 1.29 is 4.79 Å². The Balaban J connectivity index is 1.66. The monoisotopic (exact) mass is 321 g/mol. The topological polar surface area (TPSA) is 63.4 Å². The average Bonchev–Trinajstić information content (AvgIpc) is 3.22. The van der Waals surface area contributed by atoms with Gasteiger partial charge in [-0.15, -0.1) is 5.10 Å². The molecule has 1 amide bonds. The van der Waals surface area contributed by atoms with Gasteiger partial charge in [0.15, 0.2) is 0 Å². The molecule has 1 fully saturated rings. The van der Waals surface area contributed by atoms with E-state index in [-0.39, 0.29) is 17.8 Å². The first-order valence-electron chi connectivity index (χ1n) is 8.19. The lowest BCUT2D eigenvalue weighted by Gasteiger charge is -2.24. The SMILES string of the molecule is Cc1ccc(C2CCCN2C(=O)c2nc3nccc(C)n3n2)cc1. The van der Waals surface area contributed by atoms with E-state index in [0.29, 0.717) is 5.78 Å². The van der Waals surface area contributed by atoms with Crippen LogP contribution in [-0.4, -0.2) is 36.9 Å². The van der Waals surface area contributed by atoms with Crippen LogP contribution in [0.25, 0.3) is 5.78 Å². The number of nitrogens with zero attached hydrogens (tertiary/aromatic N) is 5. The molecule has 1 aliphatic rings. The summed E-state index contributed by atoms with van der Waals surface area (Å²) in [4.78, 5) is 23.3. The third-order valence-electron chi connectivity index (χ3n) is 4.60. The highest BCUT2D eigenvalue weighted by Crippen LogP contribution is 2.32. The summed E-state index contributed by atoms with van der Waals surface area (Å²) in [5.74, 6) is 0.559. The Morgan fingerprint density at radius 3 is 2.71 bits per heavy atom. The summed E-state index contributed by atoms with van der Waals surface area (Å²) in [6, 6.07) is 10.3. The van der Waals surface area contributed by atoms with Crippen molar-refractivity contribution in [1.82, 2.24) is 24.5 Å². The number of hydrogen-bond acceptors (Lipinski definition) is 4. The second-order valence-electron chi connectivity index (χ2n) is 6.30. The van der Waals surface area contributed by atoms with E-state index < -0.39 is 0 Å². The number of carbonyl (C=O) groups is 1. The summed E-state index contributed by atoms with van der Waals surface area (Å²) < 4.78 is 1.62. The average molecular weight is 321 g/mol. The highest BCUT2D eigenvalue weighted by molar-refractivity contribution is 5.91. The van der Waals surface area contributed by atoms with Crippen LogP contribution in [0.2, 0.25) is 0 Å². The van der Waals surface area contributed by atoms with Gasteiger partial charge >= 0.3 is 0 Å². The summed E-state index contributed by atoms with van der Waals surface area (Å²) in [6.45, 7) is 4.72. The van der Waals surface area contributed by atoms with Gasteiger partial charge in [0, 0.05) is 18.4 Å². The van der Waals surface area contributed by atoms with Crippen LogP contribution in [0.4, 0.5) is 0 Å². The first kappa shape index (κ1) is 14.8. The molecule has 122 valence electrons. The molecule has 3 aromatic rings. The smallest absolute Gasteiger partial charge is 0.294 e. The van der Waals surface area contributed by atoms with E-state index in [9.17, 15) is 4.79 Å². The number of benzene rings is 1. The van der Waals surface area contributed by atoms with Crippen LogP contribution in [0.15, 0.2) is 36.5 Å². The number of aromatic nitrogens is 4. The van der Waals surface area contributed by atoms with E-state index in [4.69, 9.17) is 0 Å². The van der Waals surface area contributed by atoms with Crippen LogP contribution in [0, 0.1) is 13.8 Å². The normalized spacial score (nSPS) is 17.6. The van der Waals surface area contributed by atoms with Crippen molar-refractivity contribution in [3.05, 3.63) is 59.2 Å². The predicted octanol–water partition coefficient (Wildman–Crippen LogP) is 2.72. The highest BCUT2D eigenvalue weighted by Gasteiger charge is 2.32. The molecule has 1 aromatic carbocycles. The molecule has 0 bridgehead atoms. The van der Waals surface area contributed by atoms with Crippen molar-refractivity contribution in [2.45, 2.75) is 32.7 Å². The van der Waals surface area contributed by atoms with E-state index in [1.54, 1.807) is 10.7 Å². The molecule has 6 nitrogen and oxygen atoms in total. The quantitative estimate of drug-likeness (QED) is 0.728. The second-order valence-corrected chi connectivity index (χ2v) is 6.30. The molecule has 1 unspecified atom stereocenters. The molecule has 24 heavy (non-hydrogen) atoms. The van der Waals surface area contributed by atoms with Gasteiger partial charge in [-0.25, -0.2) is 9.50 Å². The van der Waals surface area contributed by atoms with Gasteiger partial charge in [-0.2, -0.15) is 4.98 Å². The van der Waals surface area contributed by atoms with Gasteiger partial charge in [0.1, 0.15) is 0 Å². The lowest BCUT2D eigenvalue weighted by atomic mass is 10.0. The number of amides is 1. The van der Waals surface area contributed by atoms with Gasteiger partial charge in [0.2, 0.25) is 5.82 Å². The zero-order valence-corrected chi connectivity index (χ0v) is 13.8. The largest absolute Gasteiger partial charge is 0.329 e. The van der Waals surface area contributed by atoms with Gasteiger partial charge in [0.25, 0.3) is 11.7 Å². The summed E-state index contributed by atoms with van der Waals surface area (Å²) >= 11 is 0. The van der Waals surface area contributed by atoms with Crippen molar-refractivity contribution in [2.75, 3.05) is 6.54 Å². The van der Waals surface area contributed by atoms with E-state index in [2.05, 4.69) is 46.3 Å². The molecule has 1 atom stereocenters. The number of hydrogen-bond donors (Lipinski definition) is 0. The highest BCUT2D eigenvalue weighted by atomic mass is 16.2. The number of fused-ring (bicyclic) bond motifs is 1. The van der Waals surface area contributed by atoms with E-state index >= 15 is 0 Å². The Labute approximate surface area is 140 Å². The summed E-state index contributed by atoms with van der Waals surface area (Å²) in [7, 11) is 0. The number of rotatable bonds is 2. The van der Waals surface area contributed by atoms with Gasteiger partial charge in [0.05, 0.1) is 6.04 Å². The van der Waals surface area contributed by atoms with Crippen molar-refractivity contribution >= 4 is 11.7 Å². The molecule has 0 radical (unpaired) electrons. The first-order valence-corrected chi connectivity index (χ1v) is 8.19.